The van der Waals surface area contributed by atoms with Crippen molar-refractivity contribution in [1.82, 2.24) is 5.32 Å². The van der Waals surface area contributed by atoms with Crippen LogP contribution in [0.25, 0.3) is 0 Å². The van der Waals surface area contributed by atoms with Crippen LogP contribution in [0.5, 0.6) is 5.75 Å². The maximum atomic E-state index is 11.9. The second-order valence-corrected chi connectivity index (χ2v) is 7.07. The van der Waals surface area contributed by atoms with Crippen molar-refractivity contribution >= 4 is 17.8 Å². The van der Waals surface area contributed by atoms with E-state index < -0.39 is 17.8 Å². The van der Waals surface area contributed by atoms with E-state index in [1.165, 1.54) is 25.7 Å². The summed E-state index contributed by atoms with van der Waals surface area (Å²) < 4.78 is 10.7. The predicted octanol–water partition coefficient (Wildman–Crippen LogP) is 3.78. The molecule has 0 bridgehead atoms. The number of allylic oxidation sites excluding steroid dienone is 1. The molecule has 1 aromatic carbocycles. The topological polar surface area (TPSA) is 81.7 Å². The number of rotatable bonds is 13. The van der Waals surface area contributed by atoms with Gasteiger partial charge < -0.3 is 9.47 Å². The number of benzene rings is 1. The zero-order valence-electron chi connectivity index (χ0n) is 17.0. The molecule has 1 aliphatic heterocycles. The van der Waals surface area contributed by atoms with Crippen LogP contribution in [-0.2, 0) is 32.1 Å². The third-order valence-corrected chi connectivity index (χ3v) is 4.77. The SMILES string of the molecule is C=CCCCCCCCc1ccc(COC(=O)CC2=CC(=O)NC2=O)cc1OC. The number of carbonyl (C=O) groups excluding carboxylic acids is 3. The van der Waals surface area contributed by atoms with Gasteiger partial charge in [-0.2, -0.15) is 0 Å². The average Bonchev–Trinajstić information content (AvgIpc) is 3.02. The molecule has 1 aliphatic rings. The van der Waals surface area contributed by atoms with Gasteiger partial charge in [0.05, 0.1) is 13.5 Å². The number of nitrogens with one attached hydrogen (secondary N) is 1. The van der Waals surface area contributed by atoms with Crippen molar-refractivity contribution in [3.8, 4) is 5.75 Å². The van der Waals surface area contributed by atoms with Crippen LogP contribution >= 0.6 is 0 Å². The molecule has 0 aromatic heterocycles. The van der Waals surface area contributed by atoms with E-state index in [0.29, 0.717) is 0 Å². The molecule has 29 heavy (non-hydrogen) atoms. The molecule has 2 rings (SSSR count). The molecule has 1 aromatic rings. The summed E-state index contributed by atoms with van der Waals surface area (Å²) in [6.45, 7) is 3.82. The van der Waals surface area contributed by atoms with Gasteiger partial charge in [-0.25, -0.2) is 0 Å². The van der Waals surface area contributed by atoms with Gasteiger partial charge in [0.1, 0.15) is 12.4 Å². The number of amides is 2. The zero-order chi connectivity index (χ0) is 21.1. The fraction of sp³-hybridized carbons (Fsp3) is 0.435. The van der Waals surface area contributed by atoms with Crippen LogP contribution in [0.15, 0.2) is 42.5 Å². The predicted molar refractivity (Wildman–Crippen MR) is 110 cm³/mol. The summed E-state index contributed by atoms with van der Waals surface area (Å²) in [5.41, 5.74) is 2.07. The summed E-state index contributed by atoms with van der Waals surface area (Å²) in [6.07, 6.45) is 10.9. The van der Waals surface area contributed by atoms with Crippen LogP contribution < -0.4 is 10.1 Å². The first kappa shape index (κ1) is 22.4. The molecule has 0 saturated carbocycles. The van der Waals surface area contributed by atoms with Crippen molar-refractivity contribution < 1.29 is 23.9 Å². The number of methoxy groups -OCH3 is 1. The molecular weight excluding hydrogens is 370 g/mol. The standard InChI is InChI=1S/C23H29NO5/c1-3-4-5-6-7-8-9-10-18-12-11-17(13-20(18)28-2)16-29-22(26)15-19-14-21(25)24-23(19)27/h3,11-14H,1,4-10,15-16H2,2H3,(H,24,25,27). The van der Waals surface area contributed by atoms with Gasteiger partial charge in [0.15, 0.2) is 0 Å². The lowest BCUT2D eigenvalue weighted by Gasteiger charge is -2.11. The molecule has 0 atom stereocenters. The second kappa shape index (κ2) is 11.8. The van der Waals surface area contributed by atoms with Crippen molar-refractivity contribution in [3.63, 3.8) is 0 Å². The molecule has 0 spiro atoms. The highest BCUT2D eigenvalue weighted by Gasteiger charge is 2.23. The third kappa shape index (κ3) is 7.56. The Balaban J connectivity index is 1.78. The zero-order valence-corrected chi connectivity index (χ0v) is 17.0. The highest BCUT2D eigenvalue weighted by atomic mass is 16.5. The number of ether oxygens (including phenoxy) is 2. The summed E-state index contributed by atoms with van der Waals surface area (Å²) in [5.74, 6) is -0.817. The number of hydrogen-bond acceptors (Lipinski definition) is 5. The van der Waals surface area contributed by atoms with E-state index in [1.54, 1.807) is 7.11 Å². The first-order valence-corrected chi connectivity index (χ1v) is 10.0. The van der Waals surface area contributed by atoms with Crippen LogP contribution in [0, 0.1) is 0 Å². The Morgan fingerprint density at radius 1 is 1.14 bits per heavy atom. The van der Waals surface area contributed by atoms with E-state index >= 15 is 0 Å². The molecule has 2 amide bonds. The van der Waals surface area contributed by atoms with Gasteiger partial charge in [-0.05, 0) is 42.9 Å². The summed E-state index contributed by atoms with van der Waals surface area (Å²) in [4.78, 5) is 34.5. The van der Waals surface area contributed by atoms with Crippen molar-refractivity contribution in [3.05, 3.63) is 53.6 Å². The largest absolute Gasteiger partial charge is 0.496 e. The van der Waals surface area contributed by atoms with Crippen LogP contribution in [0.1, 0.15) is 56.1 Å². The highest BCUT2D eigenvalue weighted by molar-refractivity contribution is 6.17. The third-order valence-electron chi connectivity index (χ3n) is 4.77. The number of unbranched alkanes of at least 4 members (excludes halogenated alkanes) is 5. The Hall–Kier alpha value is -2.89. The van der Waals surface area contributed by atoms with E-state index in [-0.39, 0.29) is 18.6 Å². The molecule has 156 valence electrons. The van der Waals surface area contributed by atoms with Gasteiger partial charge in [0, 0.05) is 11.6 Å². The van der Waals surface area contributed by atoms with Crippen LogP contribution in [0.2, 0.25) is 0 Å². The minimum Gasteiger partial charge on any atom is -0.496 e. The van der Waals surface area contributed by atoms with Gasteiger partial charge in [0.25, 0.3) is 11.8 Å². The van der Waals surface area contributed by atoms with Crippen molar-refractivity contribution in [2.24, 2.45) is 0 Å². The van der Waals surface area contributed by atoms with Crippen LogP contribution in [-0.4, -0.2) is 24.9 Å². The molecular formula is C23H29NO5. The lowest BCUT2D eigenvalue weighted by molar-refractivity contribution is -0.144. The monoisotopic (exact) mass is 399 g/mol. The van der Waals surface area contributed by atoms with E-state index in [1.807, 2.05) is 24.3 Å². The molecule has 0 aliphatic carbocycles. The van der Waals surface area contributed by atoms with Gasteiger partial charge >= 0.3 is 5.97 Å². The Bertz CT molecular complexity index is 781. The van der Waals surface area contributed by atoms with Crippen LogP contribution in [0.3, 0.4) is 0 Å². The molecule has 1 N–H and O–H groups in total. The van der Waals surface area contributed by atoms with Gasteiger partial charge in [-0.15, -0.1) is 6.58 Å². The number of imide groups is 1. The Kier molecular flexibility index (Phi) is 9.15. The minimum atomic E-state index is -0.555. The van der Waals surface area contributed by atoms with E-state index in [2.05, 4.69) is 11.9 Å². The fourth-order valence-electron chi connectivity index (χ4n) is 3.17. The number of aryl methyl sites for hydroxylation is 1. The average molecular weight is 399 g/mol. The Labute approximate surface area is 172 Å². The molecule has 0 unspecified atom stereocenters. The lowest BCUT2D eigenvalue weighted by atomic mass is 10.0. The second-order valence-electron chi connectivity index (χ2n) is 7.07. The number of carbonyl (C=O) groups is 3. The van der Waals surface area contributed by atoms with Crippen molar-refractivity contribution in [2.75, 3.05) is 7.11 Å². The normalized spacial score (nSPS) is 13.1. The maximum Gasteiger partial charge on any atom is 0.310 e. The number of esters is 1. The lowest BCUT2D eigenvalue weighted by Crippen LogP contribution is -2.23. The van der Waals surface area contributed by atoms with E-state index in [0.717, 1.165) is 42.2 Å². The van der Waals surface area contributed by atoms with E-state index in [9.17, 15) is 14.4 Å². The number of hydrogen-bond donors (Lipinski definition) is 1. The smallest absolute Gasteiger partial charge is 0.310 e. The first-order valence-electron chi connectivity index (χ1n) is 10.0. The molecule has 0 saturated heterocycles. The van der Waals surface area contributed by atoms with Crippen LogP contribution in [0.4, 0.5) is 0 Å². The summed E-state index contributed by atoms with van der Waals surface area (Å²) in [6, 6.07) is 5.80. The van der Waals surface area contributed by atoms with Gasteiger partial charge in [-0.1, -0.05) is 37.5 Å². The maximum absolute atomic E-state index is 11.9. The quantitative estimate of drug-likeness (QED) is 0.236. The highest BCUT2D eigenvalue weighted by Crippen LogP contribution is 2.23. The summed E-state index contributed by atoms with van der Waals surface area (Å²) >= 11 is 0. The molecule has 0 radical (unpaired) electrons. The van der Waals surface area contributed by atoms with Gasteiger partial charge in [0.2, 0.25) is 0 Å². The van der Waals surface area contributed by atoms with Crippen molar-refractivity contribution in [1.29, 1.82) is 0 Å². The molecule has 0 fully saturated rings. The Morgan fingerprint density at radius 3 is 2.59 bits per heavy atom. The Morgan fingerprint density at radius 2 is 1.90 bits per heavy atom. The van der Waals surface area contributed by atoms with E-state index in [4.69, 9.17) is 9.47 Å². The van der Waals surface area contributed by atoms with Crippen molar-refractivity contribution in [2.45, 2.75) is 58.0 Å². The molecule has 6 heteroatoms. The summed E-state index contributed by atoms with van der Waals surface area (Å²) in [5, 5.41) is 2.10. The van der Waals surface area contributed by atoms with Gasteiger partial charge in [-0.3, -0.25) is 19.7 Å². The molecule has 1 heterocycles. The summed E-state index contributed by atoms with van der Waals surface area (Å²) in [7, 11) is 1.63. The fourth-order valence-corrected chi connectivity index (χ4v) is 3.17. The minimum absolute atomic E-state index is 0.0849. The molecule has 6 nitrogen and oxygen atoms in total. The first-order chi connectivity index (χ1) is 14.0.